The number of aliphatic hydroxyl groups excluding tert-OH is 1. The molecule has 1 fully saturated rings. The molecule has 1 aliphatic rings. The summed E-state index contributed by atoms with van der Waals surface area (Å²) in [5.41, 5.74) is 3.51. The van der Waals surface area contributed by atoms with E-state index in [0.717, 1.165) is 22.4 Å². The first-order valence-electron chi connectivity index (χ1n) is 10.3. The molecule has 1 amide bonds. The van der Waals surface area contributed by atoms with Crippen LogP contribution in [0.2, 0.25) is 0 Å². The molecule has 1 aromatic carbocycles. The molecule has 1 saturated heterocycles. The number of hydrogen-bond acceptors (Lipinski definition) is 4. The fourth-order valence-corrected chi connectivity index (χ4v) is 2.29. The third-order valence-corrected chi connectivity index (χ3v) is 3.78. The lowest BCUT2D eigenvalue weighted by molar-refractivity contribution is -0.133. The first kappa shape index (κ1) is 27.0. The number of likely N-dealkylation sites (N-methyl/N-ethyl adjacent to an activating group) is 1. The maximum atomic E-state index is 10.6. The first-order chi connectivity index (χ1) is 14.3. The minimum Gasteiger partial charge on any atom is -0.383 e. The van der Waals surface area contributed by atoms with Crippen molar-refractivity contribution < 1.29 is 9.90 Å². The minimum absolute atomic E-state index is 0.148. The fraction of sp³-hybridized carbons (Fsp3) is 0.400. The molecule has 1 aromatic heterocycles. The van der Waals surface area contributed by atoms with Gasteiger partial charge in [-0.1, -0.05) is 58.7 Å². The van der Waals surface area contributed by atoms with E-state index in [1.807, 2.05) is 51.1 Å². The standard InChI is InChI=1S/C15H12N2.C5H9NO2.C3H8.C2H6/c1-4-12-6-5-7-13(10-12)15-16-9-8-14(17-15)11(2)3;1-6-3-2-4(7)5(6)8;1-3-2;1-2/h1,5-10H,2H2,3H3;4,7H,2-3H2,1H3;3H2,1-2H3;1-2H3. The summed E-state index contributed by atoms with van der Waals surface area (Å²) in [6.07, 6.45) is 8.22. The number of aromatic nitrogens is 2. The van der Waals surface area contributed by atoms with Crippen LogP contribution in [-0.4, -0.2) is 45.6 Å². The lowest BCUT2D eigenvalue weighted by Crippen LogP contribution is -2.24. The summed E-state index contributed by atoms with van der Waals surface area (Å²) in [5, 5.41) is 8.78. The third-order valence-electron chi connectivity index (χ3n) is 3.78. The van der Waals surface area contributed by atoms with Crippen molar-refractivity contribution in [1.29, 1.82) is 0 Å². The van der Waals surface area contributed by atoms with Gasteiger partial charge in [0.25, 0.3) is 5.91 Å². The average Bonchev–Trinajstić information content (AvgIpc) is 3.07. The average molecular weight is 410 g/mol. The number of carbonyl (C=O) groups is 1. The summed E-state index contributed by atoms with van der Waals surface area (Å²) in [6, 6.07) is 9.47. The van der Waals surface area contributed by atoms with Crippen molar-refractivity contribution in [3.8, 4) is 23.7 Å². The maximum Gasteiger partial charge on any atom is 0.251 e. The van der Waals surface area contributed by atoms with Gasteiger partial charge in [0.2, 0.25) is 0 Å². The molecular formula is C25H35N3O2. The molecule has 0 radical (unpaired) electrons. The molecule has 0 saturated carbocycles. The Bertz CT molecular complexity index is 828. The molecule has 0 spiro atoms. The van der Waals surface area contributed by atoms with E-state index in [4.69, 9.17) is 11.5 Å². The highest BCUT2D eigenvalue weighted by Crippen LogP contribution is 2.18. The Labute approximate surface area is 181 Å². The number of likely N-dealkylation sites (tertiary alicyclic amines) is 1. The molecule has 1 atom stereocenters. The second-order valence-corrected chi connectivity index (χ2v) is 6.54. The summed E-state index contributed by atoms with van der Waals surface area (Å²) in [6.45, 7) is 14.7. The predicted octanol–water partition coefficient (Wildman–Crippen LogP) is 4.81. The molecule has 5 heteroatoms. The Morgan fingerprint density at radius 2 is 1.97 bits per heavy atom. The van der Waals surface area contributed by atoms with Gasteiger partial charge in [0.1, 0.15) is 6.10 Å². The highest BCUT2D eigenvalue weighted by Gasteiger charge is 2.25. The van der Waals surface area contributed by atoms with E-state index in [9.17, 15) is 4.79 Å². The van der Waals surface area contributed by atoms with Gasteiger partial charge >= 0.3 is 0 Å². The third kappa shape index (κ3) is 9.02. The van der Waals surface area contributed by atoms with Crippen LogP contribution in [0, 0.1) is 12.3 Å². The van der Waals surface area contributed by atoms with Gasteiger partial charge in [-0.05, 0) is 37.1 Å². The summed E-state index contributed by atoms with van der Waals surface area (Å²) >= 11 is 0. The number of allylic oxidation sites excluding steroid dienone is 1. The molecule has 0 aliphatic carbocycles. The van der Waals surface area contributed by atoms with Crippen LogP contribution in [0.4, 0.5) is 0 Å². The lowest BCUT2D eigenvalue weighted by Gasteiger charge is -2.04. The number of carbonyl (C=O) groups excluding carboxylic acids is 1. The number of aliphatic hydroxyl groups is 1. The Morgan fingerprint density at radius 3 is 2.40 bits per heavy atom. The van der Waals surface area contributed by atoms with Gasteiger partial charge in [-0.2, -0.15) is 0 Å². The van der Waals surface area contributed by atoms with Gasteiger partial charge in [0, 0.05) is 30.9 Å². The normalized spacial score (nSPS) is 14.1. The van der Waals surface area contributed by atoms with Crippen LogP contribution >= 0.6 is 0 Å². The summed E-state index contributed by atoms with van der Waals surface area (Å²) in [7, 11) is 1.69. The molecule has 1 N–H and O–H groups in total. The smallest absolute Gasteiger partial charge is 0.251 e. The lowest BCUT2D eigenvalue weighted by atomic mass is 10.1. The van der Waals surface area contributed by atoms with Gasteiger partial charge in [0.15, 0.2) is 5.82 Å². The van der Waals surface area contributed by atoms with Gasteiger partial charge in [-0.25, -0.2) is 9.97 Å². The van der Waals surface area contributed by atoms with Gasteiger partial charge in [-0.3, -0.25) is 4.79 Å². The quantitative estimate of drug-likeness (QED) is 0.723. The number of amides is 1. The molecule has 3 rings (SSSR count). The molecular weight excluding hydrogens is 374 g/mol. The highest BCUT2D eigenvalue weighted by molar-refractivity contribution is 5.82. The van der Waals surface area contributed by atoms with Crippen molar-refractivity contribution in [3.05, 3.63) is 54.4 Å². The largest absolute Gasteiger partial charge is 0.383 e. The maximum absolute atomic E-state index is 10.6. The van der Waals surface area contributed by atoms with E-state index in [2.05, 4.69) is 36.3 Å². The van der Waals surface area contributed by atoms with Crippen LogP contribution in [0.1, 0.15) is 58.7 Å². The summed E-state index contributed by atoms with van der Waals surface area (Å²) in [5.74, 6) is 3.12. The molecule has 2 heterocycles. The second kappa shape index (κ2) is 14.9. The summed E-state index contributed by atoms with van der Waals surface area (Å²) < 4.78 is 0. The van der Waals surface area contributed by atoms with Crippen LogP contribution < -0.4 is 0 Å². The Hall–Kier alpha value is -2.97. The fourth-order valence-electron chi connectivity index (χ4n) is 2.29. The van der Waals surface area contributed by atoms with Crippen LogP contribution in [0.15, 0.2) is 43.1 Å². The zero-order valence-electron chi connectivity index (χ0n) is 19.1. The molecule has 5 nitrogen and oxygen atoms in total. The first-order valence-corrected chi connectivity index (χ1v) is 10.3. The van der Waals surface area contributed by atoms with Crippen molar-refractivity contribution in [1.82, 2.24) is 14.9 Å². The summed E-state index contributed by atoms with van der Waals surface area (Å²) in [4.78, 5) is 20.8. The minimum atomic E-state index is -0.722. The molecule has 0 bridgehead atoms. The van der Waals surface area contributed by atoms with Gasteiger partial charge in [0.05, 0.1) is 5.69 Å². The van der Waals surface area contributed by atoms with E-state index >= 15 is 0 Å². The number of benzene rings is 1. The second-order valence-electron chi connectivity index (χ2n) is 6.54. The van der Waals surface area contributed by atoms with E-state index in [-0.39, 0.29) is 5.91 Å². The van der Waals surface area contributed by atoms with Gasteiger partial charge < -0.3 is 10.0 Å². The van der Waals surface area contributed by atoms with E-state index < -0.39 is 6.10 Å². The monoisotopic (exact) mass is 409 g/mol. The Morgan fingerprint density at radius 1 is 1.33 bits per heavy atom. The van der Waals surface area contributed by atoms with Crippen LogP contribution in [-0.2, 0) is 4.79 Å². The zero-order valence-corrected chi connectivity index (χ0v) is 19.1. The van der Waals surface area contributed by atoms with Crippen molar-refractivity contribution >= 4 is 11.5 Å². The topological polar surface area (TPSA) is 66.3 Å². The molecule has 1 aliphatic heterocycles. The van der Waals surface area contributed by atoms with E-state index in [1.54, 1.807) is 13.2 Å². The number of nitrogens with zero attached hydrogens (tertiary/aromatic N) is 3. The highest BCUT2D eigenvalue weighted by atomic mass is 16.3. The van der Waals surface area contributed by atoms with Crippen molar-refractivity contribution in [2.24, 2.45) is 0 Å². The van der Waals surface area contributed by atoms with Crippen LogP contribution in [0.3, 0.4) is 0 Å². The number of rotatable bonds is 2. The number of hydrogen-bond donors (Lipinski definition) is 1. The van der Waals surface area contributed by atoms with Crippen LogP contribution in [0.25, 0.3) is 17.0 Å². The molecule has 1 unspecified atom stereocenters. The zero-order chi connectivity index (χ0) is 23.1. The van der Waals surface area contributed by atoms with Crippen molar-refractivity contribution in [2.45, 2.75) is 53.6 Å². The Balaban J connectivity index is 0.000000539. The SMILES string of the molecule is C#Cc1cccc(-c2nccc(C(=C)C)n2)c1.CC.CCC.CN1CCC(O)C1=O. The molecule has 30 heavy (non-hydrogen) atoms. The van der Waals surface area contributed by atoms with Crippen LogP contribution in [0.5, 0.6) is 0 Å². The Kier molecular flexibility index (Phi) is 13.5. The predicted molar refractivity (Wildman–Crippen MR) is 126 cm³/mol. The molecule has 2 aromatic rings. The van der Waals surface area contributed by atoms with Crippen molar-refractivity contribution in [3.63, 3.8) is 0 Å². The molecule has 162 valence electrons. The van der Waals surface area contributed by atoms with E-state index in [1.165, 1.54) is 11.3 Å². The van der Waals surface area contributed by atoms with Gasteiger partial charge in [-0.15, -0.1) is 6.42 Å². The van der Waals surface area contributed by atoms with E-state index in [0.29, 0.717) is 18.8 Å². The van der Waals surface area contributed by atoms with Crippen molar-refractivity contribution in [2.75, 3.05) is 13.6 Å². The number of terminal acetylenes is 1.